The van der Waals surface area contributed by atoms with Gasteiger partial charge in [-0.05, 0) is 31.5 Å². The fourth-order valence-electron chi connectivity index (χ4n) is 1.23. The number of nitrogens with one attached hydrogen (secondary N) is 1. The van der Waals surface area contributed by atoms with Crippen molar-refractivity contribution in [3.8, 4) is 0 Å². The third-order valence-electron chi connectivity index (χ3n) is 1.82. The predicted molar refractivity (Wildman–Crippen MR) is 50.3 cm³/mol. The zero-order valence-corrected chi connectivity index (χ0v) is 7.44. The van der Waals surface area contributed by atoms with Crippen LogP contribution >= 0.6 is 11.6 Å². The topological polar surface area (TPSA) is 28.7 Å². The van der Waals surface area contributed by atoms with E-state index in [2.05, 4.69) is 16.9 Å². The minimum absolute atomic E-state index is 0.661. The van der Waals surface area contributed by atoms with Crippen molar-refractivity contribution in [2.75, 3.05) is 0 Å². The molecule has 1 heterocycles. The molecule has 0 bridgehead atoms. The second kappa shape index (κ2) is 2.49. The Hall–Kier alpha value is -1.02. The van der Waals surface area contributed by atoms with Crippen LogP contribution in [-0.4, -0.2) is 9.97 Å². The Morgan fingerprint density at radius 1 is 1.50 bits per heavy atom. The summed E-state index contributed by atoms with van der Waals surface area (Å²) in [4.78, 5) is 7.39. The normalized spacial score (nSPS) is 10.9. The first-order valence-corrected chi connectivity index (χ1v) is 4.03. The van der Waals surface area contributed by atoms with Crippen LogP contribution in [0.25, 0.3) is 11.0 Å². The zero-order valence-electron chi connectivity index (χ0n) is 6.69. The zero-order chi connectivity index (χ0) is 8.72. The van der Waals surface area contributed by atoms with Gasteiger partial charge in [0.1, 0.15) is 5.82 Å². The van der Waals surface area contributed by atoms with E-state index in [9.17, 15) is 0 Å². The number of benzene rings is 1. The molecule has 0 saturated carbocycles. The van der Waals surface area contributed by atoms with Gasteiger partial charge in [0.25, 0.3) is 0 Å². The number of H-pyrrole nitrogens is 1. The number of aromatic amines is 1. The molecule has 0 aliphatic heterocycles. The van der Waals surface area contributed by atoms with Gasteiger partial charge in [0.2, 0.25) is 0 Å². The third-order valence-corrected chi connectivity index (χ3v) is 2.17. The lowest BCUT2D eigenvalue weighted by atomic mass is 10.2. The molecule has 12 heavy (non-hydrogen) atoms. The Kier molecular flexibility index (Phi) is 1.58. The summed E-state index contributed by atoms with van der Waals surface area (Å²) in [5.41, 5.74) is 2.64. The molecule has 0 atom stereocenters. The molecular weight excluding hydrogens is 172 g/mol. The fraction of sp³-hybridized carbons (Fsp3) is 0.111. The summed E-state index contributed by atoms with van der Waals surface area (Å²) >= 11 is 5.88. The van der Waals surface area contributed by atoms with Crippen molar-refractivity contribution in [3.63, 3.8) is 0 Å². The van der Waals surface area contributed by atoms with E-state index >= 15 is 0 Å². The van der Waals surface area contributed by atoms with Crippen LogP contribution in [0, 0.1) is 13.8 Å². The van der Waals surface area contributed by atoms with Gasteiger partial charge in [0.15, 0.2) is 0 Å². The van der Waals surface area contributed by atoms with Gasteiger partial charge < -0.3 is 4.98 Å². The molecule has 2 aromatic rings. The molecule has 1 aromatic heterocycles. The number of aryl methyl sites for hydroxylation is 1. The lowest BCUT2D eigenvalue weighted by Crippen LogP contribution is -1.77. The summed E-state index contributed by atoms with van der Waals surface area (Å²) in [5.74, 6) is 0.886. The molecule has 0 fully saturated rings. The predicted octanol–water partition coefficient (Wildman–Crippen LogP) is 2.71. The van der Waals surface area contributed by atoms with Crippen LogP contribution in [0.1, 0.15) is 11.4 Å². The lowest BCUT2D eigenvalue weighted by molar-refractivity contribution is 1.17. The van der Waals surface area contributed by atoms with Crippen LogP contribution in [-0.2, 0) is 0 Å². The van der Waals surface area contributed by atoms with Crippen LogP contribution in [0.5, 0.6) is 0 Å². The van der Waals surface area contributed by atoms with Crippen molar-refractivity contribution >= 4 is 22.6 Å². The van der Waals surface area contributed by atoms with Gasteiger partial charge in [-0.3, -0.25) is 0 Å². The van der Waals surface area contributed by atoms with Gasteiger partial charge in [0, 0.05) is 5.02 Å². The number of rotatable bonds is 0. The van der Waals surface area contributed by atoms with Gasteiger partial charge >= 0.3 is 0 Å². The van der Waals surface area contributed by atoms with Gasteiger partial charge in [-0.1, -0.05) is 11.6 Å². The van der Waals surface area contributed by atoms with Crippen molar-refractivity contribution in [2.24, 2.45) is 0 Å². The minimum Gasteiger partial charge on any atom is -0.342 e. The minimum atomic E-state index is 0.661. The molecular formula is C9H8ClN2. The molecule has 61 valence electrons. The van der Waals surface area contributed by atoms with Crippen molar-refractivity contribution in [1.82, 2.24) is 9.97 Å². The van der Waals surface area contributed by atoms with Crippen molar-refractivity contribution in [3.05, 3.63) is 35.5 Å². The molecule has 1 N–H and O–H groups in total. The summed E-state index contributed by atoms with van der Waals surface area (Å²) in [6, 6.07) is 3.73. The van der Waals surface area contributed by atoms with E-state index in [4.69, 9.17) is 11.6 Å². The summed E-state index contributed by atoms with van der Waals surface area (Å²) in [6.45, 7) is 5.76. The van der Waals surface area contributed by atoms with Crippen molar-refractivity contribution < 1.29 is 0 Å². The summed E-state index contributed by atoms with van der Waals surface area (Å²) in [6.07, 6.45) is 0. The standard InChI is InChI=1S/C9H8ClN2/c1-5-7(10)3-4-8-9(5)12-6(2)11-8/h3-4H,1H2,2H3,(H,11,12). The highest BCUT2D eigenvalue weighted by Crippen LogP contribution is 2.22. The maximum atomic E-state index is 5.88. The second-order valence-corrected chi connectivity index (χ2v) is 3.15. The summed E-state index contributed by atoms with van der Waals surface area (Å²) < 4.78 is 0. The summed E-state index contributed by atoms with van der Waals surface area (Å²) in [7, 11) is 0. The van der Waals surface area contributed by atoms with Crippen LogP contribution in [0.2, 0.25) is 5.02 Å². The van der Waals surface area contributed by atoms with E-state index in [1.807, 2.05) is 19.1 Å². The largest absolute Gasteiger partial charge is 0.342 e. The smallest absolute Gasteiger partial charge is 0.104 e. The van der Waals surface area contributed by atoms with Crippen molar-refractivity contribution in [2.45, 2.75) is 6.92 Å². The molecule has 0 amide bonds. The number of fused-ring (bicyclic) bond motifs is 1. The highest BCUT2D eigenvalue weighted by Gasteiger charge is 2.04. The Morgan fingerprint density at radius 2 is 2.25 bits per heavy atom. The lowest BCUT2D eigenvalue weighted by Gasteiger charge is -1.95. The number of hydrogen-bond acceptors (Lipinski definition) is 1. The number of aromatic nitrogens is 2. The quantitative estimate of drug-likeness (QED) is 0.662. The maximum absolute atomic E-state index is 5.88. The number of halogens is 1. The highest BCUT2D eigenvalue weighted by molar-refractivity contribution is 6.32. The Balaban J connectivity index is 2.89. The third kappa shape index (κ3) is 0.994. The maximum Gasteiger partial charge on any atom is 0.104 e. The Morgan fingerprint density at radius 3 is 3.00 bits per heavy atom. The van der Waals surface area contributed by atoms with Gasteiger partial charge in [0.05, 0.1) is 11.0 Å². The van der Waals surface area contributed by atoms with Crippen LogP contribution in [0.3, 0.4) is 0 Å². The first-order valence-electron chi connectivity index (χ1n) is 3.65. The van der Waals surface area contributed by atoms with Gasteiger partial charge in [-0.25, -0.2) is 4.98 Å². The average Bonchev–Trinajstić information content (AvgIpc) is 2.39. The summed E-state index contributed by atoms with van der Waals surface area (Å²) in [5, 5.41) is 0.661. The van der Waals surface area contributed by atoms with E-state index in [1.54, 1.807) is 0 Å². The van der Waals surface area contributed by atoms with Crippen LogP contribution in [0.15, 0.2) is 12.1 Å². The van der Waals surface area contributed by atoms with Crippen LogP contribution < -0.4 is 0 Å². The first-order chi connectivity index (χ1) is 5.68. The molecule has 1 radical (unpaired) electrons. The molecule has 3 heteroatoms. The second-order valence-electron chi connectivity index (χ2n) is 2.74. The van der Waals surface area contributed by atoms with Crippen molar-refractivity contribution in [1.29, 1.82) is 0 Å². The fourth-order valence-corrected chi connectivity index (χ4v) is 1.38. The van der Waals surface area contributed by atoms with E-state index in [0.29, 0.717) is 5.02 Å². The first kappa shape index (κ1) is 7.62. The van der Waals surface area contributed by atoms with Gasteiger partial charge in [-0.15, -0.1) is 0 Å². The molecule has 1 aromatic carbocycles. The van der Waals surface area contributed by atoms with E-state index in [0.717, 1.165) is 22.4 Å². The number of hydrogen-bond donors (Lipinski definition) is 1. The molecule has 0 saturated heterocycles. The average molecular weight is 180 g/mol. The van der Waals surface area contributed by atoms with E-state index in [1.165, 1.54) is 0 Å². The number of imidazole rings is 1. The van der Waals surface area contributed by atoms with Crippen LogP contribution in [0.4, 0.5) is 0 Å². The van der Waals surface area contributed by atoms with Gasteiger partial charge in [-0.2, -0.15) is 0 Å². The molecule has 0 spiro atoms. The molecule has 0 aliphatic carbocycles. The SMILES string of the molecule is [CH2]c1c(Cl)ccc2[nH]c(C)nc12. The van der Waals surface area contributed by atoms with E-state index < -0.39 is 0 Å². The molecule has 2 nitrogen and oxygen atoms in total. The molecule has 0 unspecified atom stereocenters. The van der Waals surface area contributed by atoms with E-state index in [-0.39, 0.29) is 0 Å². The Labute approximate surface area is 75.6 Å². The monoisotopic (exact) mass is 179 g/mol. The number of nitrogens with zero attached hydrogens (tertiary/aromatic N) is 1. The molecule has 2 rings (SSSR count). The molecule has 0 aliphatic rings. The highest BCUT2D eigenvalue weighted by atomic mass is 35.5. The Bertz CT molecular complexity index is 431.